The molecule has 1 aliphatic rings. The zero-order valence-corrected chi connectivity index (χ0v) is 16.1. The smallest absolute Gasteiger partial charge is 0.227 e. The van der Waals surface area contributed by atoms with Crippen LogP contribution < -0.4 is 9.64 Å². The van der Waals surface area contributed by atoms with E-state index in [-0.39, 0.29) is 17.9 Å². The van der Waals surface area contributed by atoms with E-state index in [1.165, 1.54) is 0 Å². The van der Waals surface area contributed by atoms with Gasteiger partial charge in [0.1, 0.15) is 5.75 Å². The van der Waals surface area contributed by atoms with Gasteiger partial charge in [-0.15, -0.1) is 0 Å². The summed E-state index contributed by atoms with van der Waals surface area (Å²) in [7, 11) is 3.46. The van der Waals surface area contributed by atoms with Crippen LogP contribution in [0.15, 0.2) is 48.5 Å². The molecule has 2 aromatic carbocycles. The highest BCUT2D eigenvalue weighted by Gasteiger charge is 2.22. The third kappa shape index (κ3) is 4.13. The van der Waals surface area contributed by atoms with Gasteiger partial charge in [0.15, 0.2) is 0 Å². The number of rotatable bonds is 6. The summed E-state index contributed by atoms with van der Waals surface area (Å²) in [6.07, 6.45) is 1.85. The van der Waals surface area contributed by atoms with Gasteiger partial charge < -0.3 is 14.5 Å². The Balaban J connectivity index is 1.66. The van der Waals surface area contributed by atoms with Crippen molar-refractivity contribution in [1.29, 1.82) is 0 Å². The minimum atomic E-state index is -0.0878. The summed E-state index contributed by atoms with van der Waals surface area (Å²) in [5.74, 6) is 0.992. The summed E-state index contributed by atoms with van der Waals surface area (Å²) in [5.41, 5.74) is 2.83. The second-order valence-corrected chi connectivity index (χ2v) is 6.91. The first kappa shape index (κ1) is 19.0. The molecule has 1 aliphatic heterocycles. The third-order valence-electron chi connectivity index (χ3n) is 5.24. The predicted octanol–water partition coefficient (Wildman–Crippen LogP) is 3.58. The van der Waals surface area contributed by atoms with Crippen LogP contribution in [0.3, 0.4) is 0 Å². The van der Waals surface area contributed by atoms with Crippen LogP contribution in [0.2, 0.25) is 0 Å². The van der Waals surface area contributed by atoms with E-state index in [4.69, 9.17) is 4.74 Å². The molecule has 1 atom stereocenters. The highest BCUT2D eigenvalue weighted by Crippen LogP contribution is 2.28. The lowest BCUT2D eigenvalue weighted by atomic mass is 10.0. The van der Waals surface area contributed by atoms with Crippen LogP contribution in [0.1, 0.15) is 36.9 Å². The summed E-state index contributed by atoms with van der Waals surface area (Å²) in [6.45, 7) is 2.77. The summed E-state index contributed by atoms with van der Waals surface area (Å²) in [6, 6.07) is 15.4. The van der Waals surface area contributed by atoms with Crippen LogP contribution in [-0.4, -0.2) is 37.4 Å². The van der Waals surface area contributed by atoms with Crippen molar-refractivity contribution in [2.45, 2.75) is 32.2 Å². The van der Waals surface area contributed by atoms with E-state index in [0.717, 1.165) is 35.5 Å². The van der Waals surface area contributed by atoms with Gasteiger partial charge in [-0.25, -0.2) is 0 Å². The number of benzene rings is 2. The van der Waals surface area contributed by atoms with Crippen molar-refractivity contribution in [3.63, 3.8) is 0 Å². The van der Waals surface area contributed by atoms with E-state index in [2.05, 4.69) is 0 Å². The summed E-state index contributed by atoms with van der Waals surface area (Å²) < 4.78 is 5.42. The number of ether oxygens (including phenoxy) is 1. The molecular weight excluding hydrogens is 340 g/mol. The number of carbonyl (C=O) groups is 2. The third-order valence-corrected chi connectivity index (χ3v) is 5.24. The highest BCUT2D eigenvalue weighted by atomic mass is 16.5. The maximum absolute atomic E-state index is 12.7. The van der Waals surface area contributed by atoms with E-state index in [1.807, 2.05) is 67.4 Å². The molecule has 5 heteroatoms. The molecule has 1 unspecified atom stereocenters. The number of amides is 2. The highest BCUT2D eigenvalue weighted by molar-refractivity contribution is 5.95. The van der Waals surface area contributed by atoms with E-state index in [9.17, 15) is 9.59 Å². The second-order valence-electron chi connectivity index (χ2n) is 6.91. The number of likely N-dealkylation sites (N-methyl/N-ethyl adjacent to an activating group) is 1. The van der Waals surface area contributed by atoms with Crippen LogP contribution in [-0.2, 0) is 16.0 Å². The normalized spacial score (nSPS) is 14.9. The van der Waals surface area contributed by atoms with Gasteiger partial charge >= 0.3 is 0 Å². The molecule has 0 aromatic heterocycles. The fourth-order valence-corrected chi connectivity index (χ4v) is 3.45. The Morgan fingerprint density at radius 1 is 1.19 bits per heavy atom. The molecule has 5 nitrogen and oxygen atoms in total. The lowest BCUT2D eigenvalue weighted by Gasteiger charge is -2.27. The zero-order chi connectivity index (χ0) is 19.4. The SMILES string of the molecule is COc1ccccc1C(C)N(C)C(=O)Cc1ccc(N2CCCC2=O)cc1. The monoisotopic (exact) mass is 366 g/mol. The van der Waals surface area contributed by atoms with Gasteiger partial charge in [0.05, 0.1) is 19.6 Å². The quantitative estimate of drug-likeness (QED) is 0.785. The van der Waals surface area contributed by atoms with E-state index >= 15 is 0 Å². The van der Waals surface area contributed by atoms with E-state index < -0.39 is 0 Å². The molecule has 2 aromatic rings. The van der Waals surface area contributed by atoms with Crippen LogP contribution in [0.4, 0.5) is 5.69 Å². The van der Waals surface area contributed by atoms with Crippen molar-refractivity contribution in [1.82, 2.24) is 4.90 Å². The van der Waals surface area contributed by atoms with Gasteiger partial charge in [-0.1, -0.05) is 30.3 Å². The topological polar surface area (TPSA) is 49.9 Å². The van der Waals surface area contributed by atoms with Gasteiger partial charge in [-0.3, -0.25) is 9.59 Å². The molecule has 0 radical (unpaired) electrons. The Labute approximate surface area is 160 Å². The average molecular weight is 366 g/mol. The van der Waals surface area contributed by atoms with Gasteiger partial charge in [-0.05, 0) is 37.1 Å². The Kier molecular flexibility index (Phi) is 5.79. The van der Waals surface area contributed by atoms with Crippen LogP contribution >= 0.6 is 0 Å². The number of anilines is 1. The van der Waals surface area contributed by atoms with E-state index in [1.54, 1.807) is 12.0 Å². The Hall–Kier alpha value is -2.82. The number of para-hydroxylation sites is 1. The maximum atomic E-state index is 12.7. The lowest BCUT2D eigenvalue weighted by Crippen LogP contribution is -2.31. The molecule has 3 rings (SSSR count). The van der Waals surface area contributed by atoms with Gasteiger partial charge in [-0.2, -0.15) is 0 Å². The molecule has 2 amide bonds. The molecular formula is C22H26N2O3. The average Bonchev–Trinajstić information content (AvgIpc) is 3.13. The molecule has 27 heavy (non-hydrogen) atoms. The molecule has 0 saturated carbocycles. The molecule has 142 valence electrons. The second kappa shape index (κ2) is 8.25. The molecule has 0 bridgehead atoms. The van der Waals surface area contributed by atoms with Crippen molar-refractivity contribution < 1.29 is 14.3 Å². The largest absolute Gasteiger partial charge is 0.496 e. The predicted molar refractivity (Wildman–Crippen MR) is 106 cm³/mol. The van der Waals surface area contributed by atoms with E-state index in [0.29, 0.717) is 12.8 Å². The molecule has 0 aliphatic carbocycles. The number of methoxy groups -OCH3 is 1. The van der Waals surface area contributed by atoms with Crippen molar-refractivity contribution in [3.05, 3.63) is 59.7 Å². The molecule has 1 heterocycles. The fraction of sp³-hybridized carbons (Fsp3) is 0.364. The van der Waals surface area contributed by atoms with Gasteiger partial charge in [0.25, 0.3) is 0 Å². The molecule has 1 saturated heterocycles. The number of hydrogen-bond donors (Lipinski definition) is 0. The summed E-state index contributed by atoms with van der Waals surface area (Å²) >= 11 is 0. The minimum absolute atomic E-state index is 0.0402. The van der Waals surface area contributed by atoms with Crippen LogP contribution in [0, 0.1) is 0 Å². The number of hydrogen-bond acceptors (Lipinski definition) is 3. The van der Waals surface area contributed by atoms with Crippen molar-refractivity contribution in [2.24, 2.45) is 0 Å². The Morgan fingerprint density at radius 2 is 1.89 bits per heavy atom. The minimum Gasteiger partial charge on any atom is -0.496 e. The molecule has 0 N–H and O–H groups in total. The van der Waals surface area contributed by atoms with Crippen LogP contribution in [0.25, 0.3) is 0 Å². The van der Waals surface area contributed by atoms with Crippen LogP contribution in [0.5, 0.6) is 5.75 Å². The van der Waals surface area contributed by atoms with Crippen molar-refractivity contribution in [2.75, 3.05) is 25.6 Å². The Morgan fingerprint density at radius 3 is 2.52 bits per heavy atom. The molecule has 0 spiro atoms. The van der Waals surface area contributed by atoms with Gasteiger partial charge in [0.2, 0.25) is 11.8 Å². The zero-order valence-electron chi connectivity index (χ0n) is 16.1. The van der Waals surface area contributed by atoms with Crippen molar-refractivity contribution >= 4 is 17.5 Å². The first-order chi connectivity index (χ1) is 13.0. The van der Waals surface area contributed by atoms with Crippen molar-refractivity contribution in [3.8, 4) is 5.75 Å². The van der Waals surface area contributed by atoms with Gasteiger partial charge in [0, 0.05) is 31.3 Å². The molecule has 1 fully saturated rings. The standard InChI is InChI=1S/C22H26N2O3/c1-16(19-7-4-5-8-20(19)27-3)23(2)22(26)15-17-10-12-18(13-11-17)24-14-6-9-21(24)25/h4-5,7-8,10-13,16H,6,9,14-15H2,1-3H3. The fourth-order valence-electron chi connectivity index (χ4n) is 3.45. The number of nitrogens with zero attached hydrogens (tertiary/aromatic N) is 2. The first-order valence-corrected chi connectivity index (χ1v) is 9.29. The number of carbonyl (C=O) groups excluding carboxylic acids is 2. The first-order valence-electron chi connectivity index (χ1n) is 9.29. The lowest BCUT2D eigenvalue weighted by molar-refractivity contribution is -0.131. The Bertz CT molecular complexity index is 817. The maximum Gasteiger partial charge on any atom is 0.227 e. The summed E-state index contributed by atoms with van der Waals surface area (Å²) in [5, 5.41) is 0. The summed E-state index contributed by atoms with van der Waals surface area (Å²) in [4.78, 5) is 28.1.